The normalized spacial score (nSPS) is 14.7. The van der Waals surface area contributed by atoms with Gasteiger partial charge in [-0.1, -0.05) is 12.1 Å². The monoisotopic (exact) mass is 607 g/mol. The molecular weight excluding hydrogens is 570 g/mol. The summed E-state index contributed by atoms with van der Waals surface area (Å²) in [5, 5.41) is 3.13. The van der Waals surface area contributed by atoms with Crippen molar-refractivity contribution in [3.63, 3.8) is 0 Å². The molecule has 6 rings (SSSR count). The SMILES string of the molecule is CN(C)c1ccc2c(c1)CCN(c1cccc(-c3cc(Nc4ccc(C(=O)N5CCOCC5)cn4)c(=O)n(C)c3)c1CN)C2=O. The molecule has 45 heavy (non-hydrogen) atoms. The van der Waals surface area contributed by atoms with Crippen molar-refractivity contribution in [1.82, 2.24) is 14.5 Å². The topological polar surface area (TPSA) is 126 Å². The van der Waals surface area contributed by atoms with Gasteiger partial charge in [-0.15, -0.1) is 0 Å². The molecule has 0 saturated carbocycles. The minimum atomic E-state index is -0.237. The zero-order chi connectivity index (χ0) is 31.7. The molecule has 0 unspecified atom stereocenters. The number of benzene rings is 2. The fraction of sp³-hybridized carbons (Fsp3) is 0.294. The number of nitrogens with one attached hydrogen (secondary N) is 1. The molecule has 0 bridgehead atoms. The molecule has 2 aromatic heterocycles. The molecule has 1 fully saturated rings. The van der Waals surface area contributed by atoms with Crippen LogP contribution in [0.3, 0.4) is 0 Å². The van der Waals surface area contributed by atoms with Gasteiger partial charge in [0.15, 0.2) is 0 Å². The van der Waals surface area contributed by atoms with Gasteiger partial charge in [0.1, 0.15) is 11.5 Å². The average Bonchev–Trinajstić information content (AvgIpc) is 3.06. The Hall–Kier alpha value is -5.00. The molecule has 0 spiro atoms. The number of hydrogen-bond acceptors (Lipinski definition) is 8. The van der Waals surface area contributed by atoms with Gasteiger partial charge in [-0.25, -0.2) is 4.98 Å². The minimum absolute atomic E-state index is 0.0575. The first-order valence-electron chi connectivity index (χ1n) is 15.0. The van der Waals surface area contributed by atoms with Gasteiger partial charge in [0, 0.05) is 82.2 Å². The van der Waals surface area contributed by atoms with Crippen LogP contribution in [0.2, 0.25) is 0 Å². The Labute approximate surface area is 261 Å². The van der Waals surface area contributed by atoms with Crippen molar-refractivity contribution in [3.05, 3.63) is 99.6 Å². The summed E-state index contributed by atoms with van der Waals surface area (Å²) in [6.07, 6.45) is 4.01. The van der Waals surface area contributed by atoms with E-state index in [0.29, 0.717) is 55.5 Å². The largest absolute Gasteiger partial charge is 0.378 e. The predicted octanol–water partition coefficient (Wildman–Crippen LogP) is 3.39. The minimum Gasteiger partial charge on any atom is -0.378 e. The molecule has 3 N–H and O–H groups in total. The molecule has 11 heteroatoms. The highest BCUT2D eigenvalue weighted by atomic mass is 16.5. The number of ether oxygens (including phenoxy) is 1. The van der Waals surface area contributed by atoms with Gasteiger partial charge in [-0.3, -0.25) is 14.4 Å². The number of nitrogens with two attached hydrogens (primary N) is 1. The Kier molecular flexibility index (Phi) is 8.38. The highest BCUT2D eigenvalue weighted by Crippen LogP contribution is 2.35. The van der Waals surface area contributed by atoms with Crippen molar-refractivity contribution in [3.8, 4) is 11.1 Å². The van der Waals surface area contributed by atoms with E-state index in [-0.39, 0.29) is 23.9 Å². The smallest absolute Gasteiger partial charge is 0.274 e. The Morgan fingerprint density at radius 2 is 1.82 bits per heavy atom. The Morgan fingerprint density at radius 1 is 1.02 bits per heavy atom. The van der Waals surface area contributed by atoms with Crippen LogP contribution in [0.5, 0.6) is 0 Å². The van der Waals surface area contributed by atoms with Crippen LogP contribution in [-0.2, 0) is 24.8 Å². The van der Waals surface area contributed by atoms with Gasteiger partial charge in [0.2, 0.25) is 0 Å². The fourth-order valence-electron chi connectivity index (χ4n) is 5.93. The van der Waals surface area contributed by atoms with E-state index in [1.807, 2.05) is 49.3 Å². The van der Waals surface area contributed by atoms with Gasteiger partial charge < -0.3 is 35.1 Å². The number of hydrogen-bond donors (Lipinski definition) is 2. The van der Waals surface area contributed by atoms with E-state index >= 15 is 0 Å². The van der Waals surface area contributed by atoms with Crippen molar-refractivity contribution in [2.75, 3.05) is 62.1 Å². The molecule has 2 aliphatic heterocycles. The molecule has 2 amide bonds. The number of aryl methyl sites for hydroxylation is 1. The number of rotatable bonds is 7. The third kappa shape index (κ3) is 5.92. The Balaban J connectivity index is 1.28. The van der Waals surface area contributed by atoms with Crippen molar-refractivity contribution in [1.29, 1.82) is 0 Å². The number of aromatic nitrogens is 2. The van der Waals surface area contributed by atoms with E-state index in [1.165, 1.54) is 10.8 Å². The second-order valence-electron chi connectivity index (χ2n) is 11.5. The summed E-state index contributed by atoms with van der Waals surface area (Å²) >= 11 is 0. The van der Waals surface area contributed by atoms with Crippen molar-refractivity contribution in [2.45, 2.75) is 13.0 Å². The maximum Gasteiger partial charge on any atom is 0.274 e. The summed E-state index contributed by atoms with van der Waals surface area (Å²) in [6.45, 7) is 2.87. The van der Waals surface area contributed by atoms with Gasteiger partial charge in [0.25, 0.3) is 17.4 Å². The summed E-state index contributed by atoms with van der Waals surface area (Å²) in [7, 11) is 5.66. The highest BCUT2D eigenvalue weighted by molar-refractivity contribution is 6.09. The zero-order valence-electron chi connectivity index (χ0n) is 25.7. The van der Waals surface area contributed by atoms with Gasteiger partial charge in [-0.2, -0.15) is 0 Å². The van der Waals surface area contributed by atoms with Crippen LogP contribution in [0.1, 0.15) is 31.8 Å². The van der Waals surface area contributed by atoms with E-state index in [9.17, 15) is 14.4 Å². The maximum absolute atomic E-state index is 13.7. The van der Waals surface area contributed by atoms with Crippen LogP contribution in [-0.4, -0.2) is 73.2 Å². The number of nitrogens with zero attached hydrogens (tertiary/aromatic N) is 5. The molecule has 4 heterocycles. The number of carbonyl (C=O) groups excluding carboxylic acids is 2. The Morgan fingerprint density at radius 3 is 2.53 bits per heavy atom. The van der Waals surface area contributed by atoms with Crippen LogP contribution in [0.4, 0.5) is 22.9 Å². The van der Waals surface area contributed by atoms with E-state index in [4.69, 9.17) is 10.5 Å². The fourth-order valence-corrected chi connectivity index (χ4v) is 5.93. The lowest BCUT2D eigenvalue weighted by Crippen LogP contribution is -2.40. The molecule has 2 aromatic carbocycles. The summed E-state index contributed by atoms with van der Waals surface area (Å²) in [5.41, 5.74) is 12.8. The molecule has 0 aliphatic carbocycles. The number of pyridine rings is 2. The summed E-state index contributed by atoms with van der Waals surface area (Å²) in [6, 6.07) is 16.9. The van der Waals surface area contributed by atoms with Crippen molar-refractivity contribution >= 4 is 34.7 Å². The standard InChI is InChI=1S/C34H37N7O4/c1-38(2)25-8-9-27-22(17-25)11-12-41(33(27)43)30-6-4-5-26(28(30)19-35)24-18-29(34(44)39(3)21-24)37-31-10-7-23(20-36-31)32(42)40-13-15-45-16-14-40/h4-10,17-18,20-21H,11-16,19,35H2,1-3H3,(H,36,37). The molecule has 232 valence electrons. The van der Waals surface area contributed by atoms with Crippen LogP contribution >= 0.6 is 0 Å². The highest BCUT2D eigenvalue weighted by Gasteiger charge is 2.28. The molecule has 4 aromatic rings. The lowest BCUT2D eigenvalue weighted by molar-refractivity contribution is 0.0302. The zero-order valence-corrected chi connectivity index (χ0v) is 25.7. The first-order chi connectivity index (χ1) is 21.7. The van der Waals surface area contributed by atoms with Crippen LogP contribution in [0.25, 0.3) is 11.1 Å². The number of amides is 2. The second-order valence-corrected chi connectivity index (χ2v) is 11.5. The number of morpholine rings is 1. The van der Waals surface area contributed by atoms with Gasteiger partial charge in [-0.05, 0) is 65.6 Å². The quantitative estimate of drug-likeness (QED) is 0.328. The van der Waals surface area contributed by atoms with Crippen molar-refractivity contribution in [2.24, 2.45) is 12.8 Å². The van der Waals surface area contributed by atoms with Crippen LogP contribution < -0.4 is 26.4 Å². The molecule has 1 saturated heterocycles. The molecular formula is C34H37N7O4. The second kappa shape index (κ2) is 12.5. The molecule has 11 nitrogen and oxygen atoms in total. The first kappa shape index (κ1) is 30.0. The number of carbonyl (C=O) groups is 2. The third-order valence-electron chi connectivity index (χ3n) is 8.40. The maximum atomic E-state index is 13.7. The van der Waals surface area contributed by atoms with E-state index in [1.54, 1.807) is 41.2 Å². The molecule has 0 radical (unpaired) electrons. The van der Waals surface area contributed by atoms with E-state index < -0.39 is 0 Å². The summed E-state index contributed by atoms with van der Waals surface area (Å²) in [5.74, 6) is 0.280. The van der Waals surface area contributed by atoms with Gasteiger partial charge in [0.05, 0.1) is 18.8 Å². The lowest BCUT2D eigenvalue weighted by atomic mass is 9.94. The molecule has 0 atom stereocenters. The first-order valence-corrected chi connectivity index (χ1v) is 15.0. The van der Waals surface area contributed by atoms with E-state index in [2.05, 4.69) is 16.4 Å². The average molecular weight is 608 g/mol. The van der Waals surface area contributed by atoms with E-state index in [0.717, 1.165) is 40.0 Å². The number of anilines is 4. The number of fused-ring (bicyclic) bond motifs is 1. The summed E-state index contributed by atoms with van der Waals surface area (Å²) < 4.78 is 6.84. The van der Waals surface area contributed by atoms with Gasteiger partial charge >= 0.3 is 0 Å². The van der Waals surface area contributed by atoms with Crippen molar-refractivity contribution < 1.29 is 14.3 Å². The van der Waals surface area contributed by atoms with Crippen LogP contribution in [0, 0.1) is 0 Å². The Bertz CT molecular complexity index is 1810. The molecule has 2 aliphatic rings. The van der Waals surface area contributed by atoms with Crippen LogP contribution in [0.15, 0.2) is 71.8 Å². The predicted molar refractivity (Wildman–Crippen MR) is 175 cm³/mol. The lowest BCUT2D eigenvalue weighted by Gasteiger charge is -2.31. The third-order valence-corrected chi connectivity index (χ3v) is 8.40. The summed E-state index contributed by atoms with van der Waals surface area (Å²) in [4.78, 5) is 49.7.